The van der Waals surface area contributed by atoms with E-state index in [1.54, 1.807) is 12.1 Å². The highest BCUT2D eigenvalue weighted by molar-refractivity contribution is 5.90. The van der Waals surface area contributed by atoms with Crippen molar-refractivity contribution in [2.24, 2.45) is 0 Å². The second-order valence-electron chi connectivity index (χ2n) is 3.71. The predicted octanol–water partition coefficient (Wildman–Crippen LogP) is 1.47. The Morgan fingerprint density at radius 3 is 2.93 bits per heavy atom. The summed E-state index contributed by atoms with van der Waals surface area (Å²) in [5, 5.41) is 9.05. The zero-order valence-electron chi connectivity index (χ0n) is 8.27. The van der Waals surface area contributed by atoms with Gasteiger partial charge in [0.1, 0.15) is 0 Å². The van der Waals surface area contributed by atoms with E-state index in [2.05, 4.69) is 0 Å². The van der Waals surface area contributed by atoms with Crippen LogP contribution in [0.25, 0.3) is 0 Å². The number of anilines is 1. The minimum absolute atomic E-state index is 0.191. The number of benzene rings is 1. The first-order valence-electron chi connectivity index (χ1n) is 4.89. The summed E-state index contributed by atoms with van der Waals surface area (Å²) < 4.78 is 5.25. The fourth-order valence-electron chi connectivity index (χ4n) is 1.89. The van der Waals surface area contributed by atoms with Gasteiger partial charge in [0, 0.05) is 18.2 Å². The van der Waals surface area contributed by atoms with Crippen LogP contribution in [0.15, 0.2) is 18.2 Å². The molecule has 1 unspecified atom stereocenters. The molecule has 15 heavy (non-hydrogen) atoms. The van der Waals surface area contributed by atoms with Crippen LogP contribution in [-0.4, -0.2) is 24.3 Å². The van der Waals surface area contributed by atoms with Crippen LogP contribution >= 0.6 is 0 Å². The quantitative estimate of drug-likeness (QED) is 0.720. The van der Waals surface area contributed by atoms with E-state index in [1.807, 2.05) is 0 Å². The van der Waals surface area contributed by atoms with Crippen molar-refractivity contribution in [1.82, 2.24) is 0 Å². The van der Waals surface area contributed by atoms with Crippen molar-refractivity contribution in [2.75, 3.05) is 18.9 Å². The molecular formula is C11H13NO3. The monoisotopic (exact) mass is 207 g/mol. The van der Waals surface area contributed by atoms with Gasteiger partial charge in [-0.2, -0.15) is 0 Å². The first kappa shape index (κ1) is 9.98. The minimum atomic E-state index is -0.927. The lowest BCUT2D eigenvalue weighted by molar-refractivity contribution is 0.0695. The normalized spacial score (nSPS) is 20.4. The maximum Gasteiger partial charge on any atom is 0.336 e. The first-order valence-corrected chi connectivity index (χ1v) is 4.89. The Morgan fingerprint density at radius 2 is 2.33 bits per heavy atom. The molecule has 80 valence electrons. The molecule has 0 radical (unpaired) electrons. The molecule has 4 nitrogen and oxygen atoms in total. The highest BCUT2D eigenvalue weighted by Crippen LogP contribution is 2.29. The fourth-order valence-corrected chi connectivity index (χ4v) is 1.89. The number of aromatic carboxylic acids is 1. The Bertz CT molecular complexity index is 383. The molecule has 0 aromatic heterocycles. The van der Waals surface area contributed by atoms with E-state index in [0.717, 1.165) is 12.0 Å². The minimum Gasteiger partial charge on any atom is -0.478 e. The van der Waals surface area contributed by atoms with Crippen LogP contribution in [0.2, 0.25) is 0 Å². The molecule has 0 saturated carbocycles. The molecule has 1 fully saturated rings. The highest BCUT2D eigenvalue weighted by Gasteiger charge is 2.22. The van der Waals surface area contributed by atoms with Gasteiger partial charge < -0.3 is 15.6 Å². The number of carboxylic acid groups (broad SMARTS) is 1. The average molecular weight is 207 g/mol. The Labute approximate surface area is 87.7 Å². The van der Waals surface area contributed by atoms with Gasteiger partial charge in [0.2, 0.25) is 0 Å². The number of nitrogens with two attached hydrogens (primary N) is 1. The van der Waals surface area contributed by atoms with Gasteiger partial charge in [0.15, 0.2) is 0 Å². The van der Waals surface area contributed by atoms with E-state index in [4.69, 9.17) is 15.6 Å². The molecule has 0 spiro atoms. The second kappa shape index (κ2) is 3.90. The number of nitrogen functional groups attached to an aromatic ring is 1. The van der Waals surface area contributed by atoms with Crippen molar-refractivity contribution in [3.05, 3.63) is 29.3 Å². The van der Waals surface area contributed by atoms with Crippen LogP contribution < -0.4 is 5.73 Å². The summed E-state index contributed by atoms with van der Waals surface area (Å²) in [4.78, 5) is 11.0. The van der Waals surface area contributed by atoms with Crippen LogP contribution in [0.3, 0.4) is 0 Å². The number of carboxylic acids is 1. The molecule has 0 bridgehead atoms. The highest BCUT2D eigenvalue weighted by atomic mass is 16.5. The molecule has 0 aliphatic carbocycles. The summed E-state index contributed by atoms with van der Waals surface area (Å²) >= 11 is 0. The van der Waals surface area contributed by atoms with Crippen molar-refractivity contribution in [3.63, 3.8) is 0 Å². The lowest BCUT2D eigenvalue weighted by Crippen LogP contribution is -2.08. The van der Waals surface area contributed by atoms with Gasteiger partial charge in [-0.1, -0.05) is 6.07 Å². The third kappa shape index (κ3) is 1.94. The number of hydrogen-bond donors (Lipinski definition) is 2. The van der Waals surface area contributed by atoms with Crippen LogP contribution in [0.4, 0.5) is 5.69 Å². The summed E-state index contributed by atoms with van der Waals surface area (Å²) in [7, 11) is 0. The lowest BCUT2D eigenvalue weighted by Gasteiger charge is -2.11. The summed E-state index contributed by atoms with van der Waals surface area (Å²) in [6.45, 7) is 1.30. The summed E-state index contributed by atoms with van der Waals surface area (Å²) in [6.07, 6.45) is 0.879. The molecule has 2 rings (SSSR count). The van der Waals surface area contributed by atoms with E-state index in [9.17, 15) is 4.79 Å². The van der Waals surface area contributed by atoms with E-state index >= 15 is 0 Å². The second-order valence-corrected chi connectivity index (χ2v) is 3.71. The smallest absolute Gasteiger partial charge is 0.336 e. The van der Waals surface area contributed by atoms with E-state index < -0.39 is 5.97 Å². The number of ether oxygens (including phenoxy) is 1. The molecule has 1 aromatic rings. The van der Waals surface area contributed by atoms with Crippen LogP contribution in [-0.2, 0) is 4.74 Å². The van der Waals surface area contributed by atoms with Crippen molar-refractivity contribution < 1.29 is 14.6 Å². The van der Waals surface area contributed by atoms with Gasteiger partial charge >= 0.3 is 5.97 Å². The maximum absolute atomic E-state index is 11.0. The largest absolute Gasteiger partial charge is 0.478 e. The van der Waals surface area contributed by atoms with Crippen molar-refractivity contribution in [3.8, 4) is 0 Å². The molecule has 1 aliphatic rings. The number of rotatable bonds is 2. The van der Waals surface area contributed by atoms with E-state index in [1.165, 1.54) is 6.07 Å². The van der Waals surface area contributed by atoms with Gasteiger partial charge in [-0.05, 0) is 24.1 Å². The molecule has 4 heteroatoms. The third-order valence-corrected chi connectivity index (χ3v) is 2.68. The first-order chi connectivity index (χ1) is 7.18. The lowest BCUT2D eigenvalue weighted by atomic mass is 9.93. The van der Waals surface area contributed by atoms with Crippen molar-refractivity contribution >= 4 is 11.7 Å². The molecule has 3 N–H and O–H groups in total. The summed E-state index contributed by atoms with van der Waals surface area (Å²) in [5.74, 6) is -0.735. The summed E-state index contributed by atoms with van der Waals surface area (Å²) in [6, 6.07) is 5.04. The zero-order valence-corrected chi connectivity index (χ0v) is 8.27. The van der Waals surface area contributed by atoms with Crippen LogP contribution in [0.1, 0.15) is 28.3 Å². The molecule has 1 atom stereocenters. The molecule has 1 saturated heterocycles. The van der Waals surface area contributed by atoms with Gasteiger partial charge in [0.05, 0.1) is 12.2 Å². The van der Waals surface area contributed by atoms with Gasteiger partial charge in [-0.25, -0.2) is 4.79 Å². The maximum atomic E-state index is 11.0. The van der Waals surface area contributed by atoms with Gasteiger partial charge in [-0.3, -0.25) is 0 Å². The van der Waals surface area contributed by atoms with Crippen LogP contribution in [0.5, 0.6) is 0 Å². The zero-order chi connectivity index (χ0) is 10.8. The molecule has 1 aromatic carbocycles. The topological polar surface area (TPSA) is 72.5 Å². The van der Waals surface area contributed by atoms with Crippen molar-refractivity contribution in [1.29, 1.82) is 0 Å². The van der Waals surface area contributed by atoms with Gasteiger partial charge in [0.25, 0.3) is 0 Å². The van der Waals surface area contributed by atoms with Gasteiger partial charge in [-0.15, -0.1) is 0 Å². The Kier molecular flexibility index (Phi) is 2.60. The molecule has 1 aliphatic heterocycles. The summed E-state index contributed by atoms with van der Waals surface area (Å²) in [5.41, 5.74) is 7.18. The van der Waals surface area contributed by atoms with E-state index in [-0.39, 0.29) is 5.92 Å². The molecule has 0 amide bonds. The predicted molar refractivity (Wildman–Crippen MR) is 56.0 cm³/mol. The van der Waals surface area contributed by atoms with Crippen molar-refractivity contribution in [2.45, 2.75) is 12.3 Å². The fraction of sp³-hybridized carbons (Fsp3) is 0.364. The Hall–Kier alpha value is -1.55. The van der Waals surface area contributed by atoms with Crippen LogP contribution in [0, 0.1) is 0 Å². The SMILES string of the molecule is Nc1ccc(C2CCOC2)c(C(=O)O)c1. The number of carbonyl (C=O) groups is 1. The molecular weight excluding hydrogens is 194 g/mol. The average Bonchev–Trinajstić information content (AvgIpc) is 2.70. The molecule has 1 heterocycles. The Balaban J connectivity index is 2.40. The third-order valence-electron chi connectivity index (χ3n) is 2.68. The van der Waals surface area contributed by atoms with E-state index in [0.29, 0.717) is 24.5 Å². The number of hydrogen-bond acceptors (Lipinski definition) is 3. The Morgan fingerprint density at radius 1 is 1.53 bits per heavy atom. The standard InChI is InChI=1S/C11H13NO3/c12-8-1-2-9(7-3-4-15-6-7)10(5-8)11(13)14/h1-2,5,7H,3-4,6,12H2,(H,13,14).